The van der Waals surface area contributed by atoms with Crippen molar-refractivity contribution in [2.75, 3.05) is 14.2 Å². The molecule has 184 valence electrons. The van der Waals surface area contributed by atoms with Crippen molar-refractivity contribution in [3.63, 3.8) is 0 Å². The maximum absolute atomic E-state index is 14.3. The Kier molecular flexibility index (Phi) is 6.51. The molecule has 0 amide bonds. The van der Waals surface area contributed by atoms with Crippen molar-refractivity contribution < 1.29 is 13.5 Å². The third kappa shape index (κ3) is 4.36. The molecule has 0 aliphatic heterocycles. The Morgan fingerprint density at radius 3 is 2.69 bits per heavy atom. The van der Waals surface area contributed by atoms with E-state index in [4.69, 9.17) is 4.74 Å². The SMILES string of the molecule is CNSc1cc(-c2cnc3[nH]cc(-c4c(C)nn(Cc5cc(F)ccc5F)c4C)c3c2)ccc1OC. The molecule has 0 radical (unpaired) electrons. The van der Waals surface area contributed by atoms with E-state index in [0.29, 0.717) is 0 Å². The Labute approximate surface area is 211 Å². The molecule has 3 aromatic heterocycles. The van der Waals surface area contributed by atoms with E-state index in [1.165, 1.54) is 18.0 Å². The monoisotopic (exact) mass is 505 g/mol. The van der Waals surface area contributed by atoms with E-state index in [0.717, 1.165) is 67.5 Å². The van der Waals surface area contributed by atoms with Crippen molar-refractivity contribution in [2.45, 2.75) is 25.3 Å². The number of hydrogen-bond acceptors (Lipinski definition) is 5. The molecule has 0 saturated heterocycles. The number of benzene rings is 2. The number of nitrogens with one attached hydrogen (secondary N) is 2. The minimum atomic E-state index is -0.474. The minimum absolute atomic E-state index is 0.139. The minimum Gasteiger partial charge on any atom is -0.496 e. The van der Waals surface area contributed by atoms with Crippen LogP contribution in [0.25, 0.3) is 33.3 Å². The van der Waals surface area contributed by atoms with Gasteiger partial charge >= 0.3 is 0 Å². The van der Waals surface area contributed by atoms with Gasteiger partial charge in [-0.3, -0.25) is 9.40 Å². The first kappa shape index (κ1) is 24.0. The van der Waals surface area contributed by atoms with Crippen LogP contribution in [0.3, 0.4) is 0 Å². The Hall–Kier alpha value is -3.69. The van der Waals surface area contributed by atoms with Crippen LogP contribution in [-0.2, 0) is 6.54 Å². The lowest BCUT2D eigenvalue weighted by Gasteiger charge is -2.10. The average molecular weight is 506 g/mol. The molecule has 3 heterocycles. The number of hydrogen-bond donors (Lipinski definition) is 2. The van der Waals surface area contributed by atoms with E-state index >= 15 is 0 Å². The summed E-state index contributed by atoms with van der Waals surface area (Å²) in [5.74, 6) is -0.136. The standard InChI is InChI=1S/C27H25F2N5OS/c1-15-26(16(2)34(33-15)14-19-9-20(28)6-7-23(19)29)22-13-32-27-21(22)10-18(12-31-27)17-5-8-24(35-4)25(11-17)36-30-3/h5-13,30H,14H2,1-4H3,(H,31,32). The molecular weight excluding hydrogens is 480 g/mol. The van der Waals surface area contributed by atoms with Crippen LogP contribution in [0, 0.1) is 25.5 Å². The fourth-order valence-corrected chi connectivity index (χ4v) is 5.14. The molecule has 0 aliphatic carbocycles. The molecule has 2 aromatic carbocycles. The van der Waals surface area contributed by atoms with Crippen molar-refractivity contribution in [1.29, 1.82) is 0 Å². The van der Waals surface area contributed by atoms with Crippen LogP contribution in [0.2, 0.25) is 0 Å². The van der Waals surface area contributed by atoms with Gasteiger partial charge in [-0.25, -0.2) is 13.8 Å². The van der Waals surface area contributed by atoms with Gasteiger partial charge in [0.25, 0.3) is 0 Å². The lowest BCUT2D eigenvalue weighted by atomic mass is 10.0. The highest BCUT2D eigenvalue weighted by molar-refractivity contribution is 7.97. The predicted molar refractivity (Wildman–Crippen MR) is 139 cm³/mol. The Morgan fingerprint density at radius 2 is 1.92 bits per heavy atom. The summed E-state index contributed by atoms with van der Waals surface area (Å²) in [4.78, 5) is 8.88. The molecule has 0 fully saturated rings. The number of halogens is 2. The quantitative estimate of drug-likeness (QED) is 0.255. The topological polar surface area (TPSA) is 67.8 Å². The van der Waals surface area contributed by atoms with Crippen LogP contribution in [-0.4, -0.2) is 33.9 Å². The molecule has 5 rings (SSSR count). The summed E-state index contributed by atoms with van der Waals surface area (Å²) >= 11 is 1.49. The van der Waals surface area contributed by atoms with Gasteiger partial charge in [-0.1, -0.05) is 6.07 Å². The van der Waals surface area contributed by atoms with Crippen LogP contribution in [0.15, 0.2) is 59.8 Å². The summed E-state index contributed by atoms with van der Waals surface area (Å²) in [6, 6.07) is 11.6. The zero-order valence-corrected chi connectivity index (χ0v) is 21.1. The van der Waals surface area contributed by atoms with Crippen molar-refractivity contribution >= 4 is 23.0 Å². The van der Waals surface area contributed by atoms with Gasteiger partial charge < -0.3 is 9.72 Å². The molecule has 0 aliphatic rings. The van der Waals surface area contributed by atoms with Crippen LogP contribution in [0.1, 0.15) is 17.0 Å². The molecule has 2 N–H and O–H groups in total. The van der Waals surface area contributed by atoms with E-state index in [-0.39, 0.29) is 12.1 Å². The van der Waals surface area contributed by atoms with E-state index in [2.05, 4.69) is 31.9 Å². The number of rotatable bonds is 7. The Morgan fingerprint density at radius 1 is 1.08 bits per heavy atom. The van der Waals surface area contributed by atoms with Gasteiger partial charge in [0.1, 0.15) is 23.0 Å². The number of methoxy groups -OCH3 is 1. The molecule has 0 unspecified atom stereocenters. The summed E-state index contributed by atoms with van der Waals surface area (Å²) in [5.41, 5.74) is 6.55. The normalized spacial score (nSPS) is 11.4. The van der Waals surface area contributed by atoms with Crippen LogP contribution >= 0.6 is 11.9 Å². The first-order chi connectivity index (χ1) is 17.4. The Bertz CT molecular complexity index is 1580. The molecule has 0 atom stereocenters. The van der Waals surface area contributed by atoms with E-state index in [9.17, 15) is 8.78 Å². The number of H-pyrrole nitrogens is 1. The van der Waals surface area contributed by atoms with E-state index in [1.807, 2.05) is 45.4 Å². The van der Waals surface area contributed by atoms with E-state index < -0.39 is 11.6 Å². The second kappa shape index (κ2) is 9.75. The van der Waals surface area contributed by atoms with Crippen LogP contribution in [0.4, 0.5) is 8.78 Å². The number of nitrogens with zero attached hydrogens (tertiary/aromatic N) is 3. The van der Waals surface area contributed by atoms with Gasteiger partial charge in [-0.2, -0.15) is 5.10 Å². The molecular formula is C27H25F2N5OS. The predicted octanol–water partition coefficient (Wildman–Crippen LogP) is 6.27. The van der Waals surface area contributed by atoms with Gasteiger partial charge in [-0.15, -0.1) is 0 Å². The zero-order valence-electron chi connectivity index (χ0n) is 20.3. The highest BCUT2D eigenvalue weighted by Crippen LogP contribution is 2.37. The summed E-state index contributed by atoms with van der Waals surface area (Å²) < 4.78 is 38.3. The van der Waals surface area contributed by atoms with Crippen molar-refractivity contribution in [3.05, 3.63) is 83.4 Å². The molecule has 0 spiro atoms. The number of fused-ring (bicyclic) bond motifs is 1. The first-order valence-corrected chi connectivity index (χ1v) is 12.2. The Balaban J connectivity index is 1.57. The van der Waals surface area contributed by atoms with Crippen molar-refractivity contribution in [1.82, 2.24) is 24.5 Å². The molecule has 5 aromatic rings. The largest absolute Gasteiger partial charge is 0.496 e. The molecule has 0 bridgehead atoms. The summed E-state index contributed by atoms with van der Waals surface area (Å²) in [6.07, 6.45) is 3.76. The van der Waals surface area contributed by atoms with Crippen molar-refractivity contribution in [3.8, 4) is 28.0 Å². The number of aromatic nitrogens is 4. The van der Waals surface area contributed by atoms with E-state index in [1.54, 1.807) is 11.8 Å². The highest BCUT2D eigenvalue weighted by Gasteiger charge is 2.19. The third-order valence-corrected chi connectivity index (χ3v) is 6.96. The van der Waals surface area contributed by atoms with Gasteiger partial charge in [0.05, 0.1) is 24.2 Å². The lowest BCUT2D eigenvalue weighted by Crippen LogP contribution is -2.06. The number of ether oxygens (including phenoxy) is 1. The number of aromatic amines is 1. The van der Waals surface area contributed by atoms with Crippen molar-refractivity contribution in [2.24, 2.45) is 0 Å². The number of aryl methyl sites for hydroxylation is 1. The third-order valence-electron chi connectivity index (χ3n) is 6.22. The molecule has 6 nitrogen and oxygen atoms in total. The van der Waals surface area contributed by atoms with Gasteiger partial charge in [0.15, 0.2) is 0 Å². The molecule has 0 saturated carbocycles. The fraction of sp³-hybridized carbons (Fsp3) is 0.185. The average Bonchev–Trinajstić information content (AvgIpc) is 3.40. The summed E-state index contributed by atoms with van der Waals surface area (Å²) in [5, 5.41) is 5.59. The zero-order chi connectivity index (χ0) is 25.4. The van der Waals surface area contributed by atoms with Gasteiger partial charge in [0, 0.05) is 45.7 Å². The summed E-state index contributed by atoms with van der Waals surface area (Å²) in [7, 11) is 3.52. The maximum atomic E-state index is 14.3. The number of pyridine rings is 1. The maximum Gasteiger partial charge on any atom is 0.137 e. The van der Waals surface area contributed by atoms with Gasteiger partial charge in [0.2, 0.25) is 0 Å². The smallest absolute Gasteiger partial charge is 0.137 e. The fourth-order valence-electron chi connectivity index (χ4n) is 4.48. The highest BCUT2D eigenvalue weighted by atomic mass is 32.2. The first-order valence-electron chi connectivity index (χ1n) is 11.4. The van der Waals surface area contributed by atoms with Crippen LogP contribution in [0.5, 0.6) is 5.75 Å². The van der Waals surface area contributed by atoms with Gasteiger partial charge in [-0.05, 0) is 74.8 Å². The second-order valence-electron chi connectivity index (χ2n) is 8.43. The second-order valence-corrected chi connectivity index (χ2v) is 9.49. The molecule has 36 heavy (non-hydrogen) atoms. The summed E-state index contributed by atoms with van der Waals surface area (Å²) in [6.45, 7) is 3.99. The lowest BCUT2D eigenvalue weighted by molar-refractivity contribution is 0.405. The molecule has 9 heteroatoms. The van der Waals surface area contributed by atoms with Crippen LogP contribution < -0.4 is 9.46 Å².